The first-order valence-electron chi connectivity index (χ1n) is 13.4. The molecular formula is C31H35BrN4O4S. The number of hydrogen-bond donors (Lipinski definition) is 4. The van der Waals surface area contributed by atoms with Gasteiger partial charge >= 0.3 is 6.03 Å². The predicted molar refractivity (Wildman–Crippen MR) is 166 cm³/mol. The van der Waals surface area contributed by atoms with Crippen molar-refractivity contribution in [3.63, 3.8) is 0 Å². The molecule has 0 bridgehead atoms. The zero-order valence-corrected chi connectivity index (χ0v) is 25.7. The molecule has 3 aromatic carbocycles. The zero-order valence-electron chi connectivity index (χ0n) is 23.3. The second kappa shape index (κ2) is 13.5. The standard InChI is InChI=1S/C31H35BrN4O4S/c1-20-9-7-8-12-22(20)18-33-28(38)27-31(2,3)41-19-36(27)29(39)26(37)25(17-21-10-5-4-6-11-21)35-30(40)34-24-15-13-23(32)14-16-24/h4-16,25-27,37H,17-19H2,1-3H3,(H,33,38)(H2,34,35,40)/t25-,26-,27+/m0/s1. The molecule has 3 aromatic rings. The molecule has 1 aliphatic heterocycles. The van der Waals surface area contributed by atoms with Crippen molar-refractivity contribution >= 4 is 51.2 Å². The molecule has 4 rings (SSSR count). The first kappa shape index (κ1) is 30.6. The SMILES string of the molecule is Cc1ccccc1CNC(=O)[C@H]1N(C(=O)[C@@H](O)[C@H](Cc2ccccc2)NC(=O)Nc2ccc(Br)cc2)CSC1(C)C. The number of nitrogens with one attached hydrogen (secondary N) is 3. The lowest BCUT2D eigenvalue weighted by atomic mass is 9.97. The molecule has 41 heavy (non-hydrogen) atoms. The minimum Gasteiger partial charge on any atom is -0.381 e. The van der Waals surface area contributed by atoms with Gasteiger partial charge in [-0.1, -0.05) is 70.5 Å². The van der Waals surface area contributed by atoms with Gasteiger partial charge in [-0.2, -0.15) is 0 Å². The number of nitrogens with zero attached hydrogens (tertiary/aromatic N) is 1. The third-order valence-electron chi connectivity index (χ3n) is 7.14. The maximum Gasteiger partial charge on any atom is 0.319 e. The fourth-order valence-electron chi connectivity index (χ4n) is 4.82. The van der Waals surface area contributed by atoms with Gasteiger partial charge in [-0.05, 0) is 68.1 Å². The highest BCUT2D eigenvalue weighted by atomic mass is 79.9. The van der Waals surface area contributed by atoms with Crippen LogP contribution in [0.25, 0.3) is 0 Å². The Morgan fingerprint density at radius 2 is 1.68 bits per heavy atom. The van der Waals surface area contributed by atoms with Gasteiger partial charge in [0, 0.05) is 21.5 Å². The van der Waals surface area contributed by atoms with Crippen LogP contribution in [0.4, 0.5) is 10.5 Å². The van der Waals surface area contributed by atoms with Gasteiger partial charge in [-0.25, -0.2) is 4.79 Å². The van der Waals surface area contributed by atoms with Crippen molar-refractivity contribution in [2.75, 3.05) is 11.2 Å². The average molecular weight is 640 g/mol. The highest BCUT2D eigenvalue weighted by Crippen LogP contribution is 2.40. The van der Waals surface area contributed by atoms with E-state index in [0.29, 0.717) is 12.2 Å². The molecule has 3 atom stereocenters. The van der Waals surface area contributed by atoms with E-state index in [-0.39, 0.29) is 18.2 Å². The average Bonchev–Trinajstić information content (AvgIpc) is 3.27. The highest BCUT2D eigenvalue weighted by Gasteiger charge is 2.49. The first-order chi connectivity index (χ1) is 19.5. The molecule has 1 aliphatic rings. The quantitative estimate of drug-likeness (QED) is 0.268. The van der Waals surface area contributed by atoms with Crippen LogP contribution in [-0.4, -0.2) is 56.7 Å². The number of aliphatic hydroxyl groups excluding tert-OH is 1. The Labute approximate surface area is 253 Å². The van der Waals surface area contributed by atoms with E-state index in [1.54, 1.807) is 24.3 Å². The fraction of sp³-hybridized carbons (Fsp3) is 0.323. The maximum atomic E-state index is 13.8. The van der Waals surface area contributed by atoms with Crippen molar-refractivity contribution < 1.29 is 19.5 Å². The van der Waals surface area contributed by atoms with Crippen LogP contribution < -0.4 is 16.0 Å². The molecule has 1 heterocycles. The van der Waals surface area contributed by atoms with Gasteiger partial charge in [0.15, 0.2) is 6.10 Å². The predicted octanol–water partition coefficient (Wildman–Crippen LogP) is 4.85. The minimum atomic E-state index is -1.58. The summed E-state index contributed by atoms with van der Waals surface area (Å²) < 4.78 is 0.294. The van der Waals surface area contributed by atoms with Crippen molar-refractivity contribution in [3.8, 4) is 0 Å². The summed E-state index contributed by atoms with van der Waals surface area (Å²) in [5.74, 6) is -0.651. The van der Waals surface area contributed by atoms with Crippen LogP contribution in [0.15, 0.2) is 83.3 Å². The first-order valence-corrected chi connectivity index (χ1v) is 15.1. The Hall–Kier alpha value is -3.34. The Kier molecular flexibility index (Phi) is 10.1. The van der Waals surface area contributed by atoms with E-state index in [2.05, 4.69) is 31.9 Å². The van der Waals surface area contributed by atoms with Gasteiger partial charge in [0.25, 0.3) is 5.91 Å². The van der Waals surface area contributed by atoms with Crippen LogP contribution in [0.1, 0.15) is 30.5 Å². The number of aryl methyl sites for hydroxylation is 1. The lowest BCUT2D eigenvalue weighted by Crippen LogP contribution is -2.59. The number of amides is 4. The second-order valence-corrected chi connectivity index (χ2v) is 13.1. The third kappa shape index (κ3) is 7.90. The van der Waals surface area contributed by atoms with Crippen molar-refractivity contribution in [2.24, 2.45) is 0 Å². The van der Waals surface area contributed by atoms with Crippen LogP contribution >= 0.6 is 27.7 Å². The number of thioether (sulfide) groups is 1. The number of halogens is 1. The van der Waals surface area contributed by atoms with Gasteiger partial charge in [0.05, 0.1) is 11.9 Å². The summed E-state index contributed by atoms with van der Waals surface area (Å²) in [7, 11) is 0. The smallest absolute Gasteiger partial charge is 0.319 e. The summed E-state index contributed by atoms with van der Waals surface area (Å²) in [4.78, 5) is 41.6. The molecule has 4 N–H and O–H groups in total. The van der Waals surface area contributed by atoms with Crippen molar-refractivity contribution in [3.05, 3.63) is 100 Å². The van der Waals surface area contributed by atoms with Crippen LogP contribution in [-0.2, 0) is 22.6 Å². The lowest BCUT2D eigenvalue weighted by Gasteiger charge is -2.33. The zero-order chi connectivity index (χ0) is 29.6. The van der Waals surface area contributed by atoms with Gasteiger partial charge in [0.2, 0.25) is 5.91 Å². The molecule has 0 aliphatic carbocycles. The number of carbonyl (C=O) groups is 3. The molecule has 1 saturated heterocycles. The summed E-state index contributed by atoms with van der Waals surface area (Å²) in [5.41, 5.74) is 3.46. The van der Waals surface area contributed by atoms with E-state index in [0.717, 1.165) is 21.2 Å². The van der Waals surface area contributed by atoms with Crippen molar-refractivity contribution in [2.45, 2.75) is 56.7 Å². The summed E-state index contributed by atoms with van der Waals surface area (Å²) in [6.45, 7) is 6.15. The molecule has 0 radical (unpaired) electrons. The fourth-order valence-corrected chi connectivity index (χ4v) is 6.23. The maximum absolute atomic E-state index is 13.8. The number of urea groups is 1. The van der Waals surface area contributed by atoms with E-state index in [9.17, 15) is 19.5 Å². The minimum absolute atomic E-state index is 0.218. The summed E-state index contributed by atoms with van der Waals surface area (Å²) in [5, 5.41) is 19.9. The summed E-state index contributed by atoms with van der Waals surface area (Å²) in [6.07, 6.45) is -1.36. The molecule has 0 aromatic heterocycles. The summed E-state index contributed by atoms with van der Waals surface area (Å²) >= 11 is 4.85. The van der Waals surface area contributed by atoms with Crippen molar-refractivity contribution in [1.82, 2.24) is 15.5 Å². The molecule has 216 valence electrons. The topological polar surface area (TPSA) is 111 Å². The third-order valence-corrected chi connectivity index (χ3v) is 9.05. The molecule has 0 unspecified atom stereocenters. The van der Waals surface area contributed by atoms with Gasteiger partial charge < -0.3 is 26.0 Å². The van der Waals surface area contributed by atoms with E-state index in [4.69, 9.17) is 0 Å². The molecule has 1 fully saturated rings. The van der Waals surface area contributed by atoms with Gasteiger partial charge in [-0.15, -0.1) is 11.8 Å². The Balaban J connectivity index is 1.50. The number of anilines is 1. The van der Waals surface area contributed by atoms with Crippen LogP contribution in [0, 0.1) is 6.92 Å². The second-order valence-electron chi connectivity index (χ2n) is 10.6. The molecule has 8 nitrogen and oxygen atoms in total. The monoisotopic (exact) mass is 638 g/mol. The molecule has 0 spiro atoms. The van der Waals surface area contributed by atoms with Gasteiger partial charge in [0.1, 0.15) is 6.04 Å². The Bertz CT molecular complexity index is 1370. The molecule has 0 saturated carbocycles. The summed E-state index contributed by atoms with van der Waals surface area (Å²) in [6, 6.07) is 21.9. The van der Waals surface area contributed by atoms with Crippen molar-refractivity contribution in [1.29, 1.82) is 0 Å². The van der Waals surface area contributed by atoms with E-state index >= 15 is 0 Å². The Morgan fingerprint density at radius 1 is 1.02 bits per heavy atom. The Morgan fingerprint density at radius 3 is 2.37 bits per heavy atom. The largest absolute Gasteiger partial charge is 0.381 e. The number of benzene rings is 3. The molecule has 4 amide bonds. The normalized spacial score (nSPS) is 17.4. The highest BCUT2D eigenvalue weighted by molar-refractivity contribution is 9.10. The van der Waals surface area contributed by atoms with Gasteiger partial charge in [-0.3, -0.25) is 9.59 Å². The number of carbonyl (C=O) groups excluding carboxylic acids is 3. The molecular weight excluding hydrogens is 604 g/mol. The molecule has 10 heteroatoms. The number of aliphatic hydroxyl groups is 1. The van der Waals surface area contributed by atoms with E-state index in [1.807, 2.05) is 75.4 Å². The lowest BCUT2D eigenvalue weighted by molar-refractivity contribution is -0.147. The van der Waals surface area contributed by atoms with Crippen LogP contribution in [0.5, 0.6) is 0 Å². The number of hydrogen-bond acceptors (Lipinski definition) is 5. The van der Waals surface area contributed by atoms with E-state index in [1.165, 1.54) is 16.7 Å². The number of rotatable bonds is 9. The van der Waals surface area contributed by atoms with E-state index < -0.39 is 34.9 Å². The van der Waals surface area contributed by atoms with Crippen LogP contribution in [0.3, 0.4) is 0 Å². The van der Waals surface area contributed by atoms with Crippen LogP contribution in [0.2, 0.25) is 0 Å².